The molecule has 2 rings (SSSR count). The van der Waals surface area contributed by atoms with Crippen LogP contribution in [0.5, 0.6) is 0 Å². The van der Waals surface area contributed by atoms with Gasteiger partial charge in [-0.15, -0.1) is 0 Å². The molecule has 1 aromatic rings. The summed E-state index contributed by atoms with van der Waals surface area (Å²) in [6.07, 6.45) is 4.51. The molecule has 1 aromatic heterocycles. The van der Waals surface area contributed by atoms with Gasteiger partial charge in [-0.25, -0.2) is 0 Å². The van der Waals surface area contributed by atoms with Gasteiger partial charge in [0.25, 0.3) is 0 Å². The summed E-state index contributed by atoms with van der Waals surface area (Å²) in [5.74, 6) is 0.250. The van der Waals surface area contributed by atoms with Crippen molar-refractivity contribution in [3.05, 3.63) is 24.5 Å². The summed E-state index contributed by atoms with van der Waals surface area (Å²) in [4.78, 5) is 15.8. The molecule has 1 heterocycles. The van der Waals surface area contributed by atoms with Crippen LogP contribution in [-0.2, 0) is 4.79 Å². The molecule has 82 valence electrons. The fourth-order valence-corrected chi connectivity index (χ4v) is 2.14. The lowest BCUT2D eigenvalue weighted by atomic mass is 9.63. The van der Waals surface area contributed by atoms with Crippen LogP contribution in [0.2, 0.25) is 0 Å². The van der Waals surface area contributed by atoms with Gasteiger partial charge in [-0.3, -0.25) is 9.78 Å². The summed E-state index contributed by atoms with van der Waals surface area (Å²) >= 11 is 0. The SMILES string of the molecule is CC1CC(C#N)(C(=O)Nc2cccnc2)C1. The molecule has 0 aliphatic heterocycles. The Balaban J connectivity index is 2.07. The number of carbonyl (C=O) groups is 1. The highest BCUT2D eigenvalue weighted by Gasteiger charge is 2.48. The van der Waals surface area contributed by atoms with Gasteiger partial charge in [-0.05, 0) is 30.9 Å². The Morgan fingerprint density at radius 2 is 2.44 bits per heavy atom. The van der Waals surface area contributed by atoms with Crippen LogP contribution in [-0.4, -0.2) is 10.9 Å². The van der Waals surface area contributed by atoms with Crippen LogP contribution in [0, 0.1) is 22.7 Å². The molecule has 1 fully saturated rings. The molecule has 1 N–H and O–H groups in total. The first kappa shape index (κ1) is 10.6. The van der Waals surface area contributed by atoms with Crippen molar-refractivity contribution in [2.45, 2.75) is 19.8 Å². The Hall–Kier alpha value is -1.89. The van der Waals surface area contributed by atoms with Crippen molar-refractivity contribution < 1.29 is 4.79 Å². The molecule has 1 aliphatic rings. The molecule has 0 unspecified atom stereocenters. The smallest absolute Gasteiger partial charge is 0.244 e. The van der Waals surface area contributed by atoms with E-state index in [0.717, 1.165) is 0 Å². The average Bonchev–Trinajstić information content (AvgIpc) is 2.25. The molecule has 16 heavy (non-hydrogen) atoms. The third-order valence-electron chi connectivity index (χ3n) is 2.96. The number of aromatic nitrogens is 1. The van der Waals surface area contributed by atoms with Gasteiger partial charge in [-0.2, -0.15) is 5.26 Å². The van der Waals surface area contributed by atoms with E-state index in [1.807, 2.05) is 6.92 Å². The lowest BCUT2D eigenvalue weighted by molar-refractivity contribution is -0.128. The topological polar surface area (TPSA) is 65.8 Å². The Labute approximate surface area is 94.3 Å². The van der Waals surface area contributed by atoms with E-state index in [1.165, 1.54) is 0 Å². The molecule has 4 nitrogen and oxygen atoms in total. The zero-order chi connectivity index (χ0) is 11.6. The summed E-state index contributed by atoms with van der Waals surface area (Å²) in [5.41, 5.74) is -0.184. The summed E-state index contributed by atoms with van der Waals surface area (Å²) in [6, 6.07) is 5.64. The zero-order valence-electron chi connectivity index (χ0n) is 9.10. The minimum Gasteiger partial charge on any atom is -0.323 e. The number of pyridine rings is 1. The summed E-state index contributed by atoms with van der Waals surface area (Å²) in [5, 5.41) is 11.8. The number of carbonyl (C=O) groups excluding carboxylic acids is 1. The van der Waals surface area contributed by atoms with Crippen molar-refractivity contribution in [2.75, 3.05) is 5.32 Å². The fourth-order valence-electron chi connectivity index (χ4n) is 2.14. The quantitative estimate of drug-likeness (QED) is 0.820. The molecular formula is C12H13N3O. The first-order valence-corrected chi connectivity index (χ1v) is 5.29. The van der Waals surface area contributed by atoms with Gasteiger partial charge in [0, 0.05) is 6.20 Å². The molecule has 0 atom stereocenters. The second-order valence-electron chi connectivity index (χ2n) is 4.40. The number of rotatable bonds is 2. The number of amides is 1. The number of hydrogen-bond donors (Lipinski definition) is 1. The van der Waals surface area contributed by atoms with E-state index >= 15 is 0 Å². The first-order chi connectivity index (χ1) is 7.66. The molecule has 1 amide bonds. The number of nitrogens with zero attached hydrogens (tertiary/aromatic N) is 2. The Morgan fingerprint density at radius 1 is 1.69 bits per heavy atom. The predicted molar refractivity (Wildman–Crippen MR) is 59.3 cm³/mol. The number of hydrogen-bond acceptors (Lipinski definition) is 3. The third kappa shape index (κ3) is 1.76. The molecule has 4 heteroatoms. The molecule has 0 bridgehead atoms. The first-order valence-electron chi connectivity index (χ1n) is 5.29. The second-order valence-corrected chi connectivity index (χ2v) is 4.40. The number of nitriles is 1. The van der Waals surface area contributed by atoms with Gasteiger partial charge in [0.15, 0.2) is 0 Å². The maximum atomic E-state index is 11.9. The van der Waals surface area contributed by atoms with Crippen LogP contribution < -0.4 is 5.32 Å². The van der Waals surface area contributed by atoms with Crippen LogP contribution in [0.3, 0.4) is 0 Å². The maximum Gasteiger partial charge on any atom is 0.244 e. The standard InChI is InChI=1S/C12H13N3O/c1-9-5-12(6-9,8-13)11(16)15-10-3-2-4-14-7-10/h2-4,7,9H,5-6H2,1H3,(H,15,16). The maximum absolute atomic E-state index is 11.9. The van der Waals surface area contributed by atoms with Gasteiger partial charge in [0.1, 0.15) is 5.41 Å². The van der Waals surface area contributed by atoms with Gasteiger partial charge in [0.2, 0.25) is 5.91 Å². The number of anilines is 1. The lowest BCUT2D eigenvalue weighted by Gasteiger charge is -2.39. The summed E-state index contributed by atoms with van der Waals surface area (Å²) in [7, 11) is 0. The highest BCUT2D eigenvalue weighted by atomic mass is 16.2. The Bertz CT molecular complexity index is 429. The normalized spacial score (nSPS) is 27.6. The predicted octanol–water partition coefficient (Wildman–Crippen LogP) is 1.96. The van der Waals surface area contributed by atoms with E-state index in [4.69, 9.17) is 5.26 Å². The monoisotopic (exact) mass is 215 g/mol. The molecule has 1 aliphatic carbocycles. The van der Waals surface area contributed by atoms with Gasteiger partial charge < -0.3 is 5.32 Å². The van der Waals surface area contributed by atoms with E-state index in [2.05, 4.69) is 16.4 Å². The van der Waals surface area contributed by atoms with E-state index in [0.29, 0.717) is 24.4 Å². The lowest BCUT2D eigenvalue weighted by Crippen LogP contribution is -2.45. The van der Waals surface area contributed by atoms with E-state index in [-0.39, 0.29) is 5.91 Å². The van der Waals surface area contributed by atoms with Crippen molar-refractivity contribution in [1.82, 2.24) is 4.98 Å². The van der Waals surface area contributed by atoms with Crippen LogP contribution in [0.4, 0.5) is 5.69 Å². The molecule has 0 aromatic carbocycles. The van der Waals surface area contributed by atoms with Crippen molar-refractivity contribution in [3.8, 4) is 6.07 Å². The summed E-state index contributed by atoms with van der Waals surface area (Å²) < 4.78 is 0. The highest BCUT2D eigenvalue weighted by Crippen LogP contribution is 2.45. The highest BCUT2D eigenvalue weighted by molar-refractivity contribution is 5.97. The van der Waals surface area contributed by atoms with E-state index in [1.54, 1.807) is 24.5 Å². The second kappa shape index (κ2) is 3.93. The van der Waals surface area contributed by atoms with Crippen LogP contribution in [0.15, 0.2) is 24.5 Å². The summed E-state index contributed by atoms with van der Waals surface area (Å²) in [6.45, 7) is 2.05. The number of nitrogens with one attached hydrogen (secondary N) is 1. The van der Waals surface area contributed by atoms with Crippen LogP contribution >= 0.6 is 0 Å². The van der Waals surface area contributed by atoms with Crippen LogP contribution in [0.25, 0.3) is 0 Å². The van der Waals surface area contributed by atoms with E-state index < -0.39 is 5.41 Å². The van der Waals surface area contributed by atoms with Crippen molar-refractivity contribution >= 4 is 11.6 Å². The largest absolute Gasteiger partial charge is 0.323 e. The minimum absolute atomic E-state index is 0.207. The average molecular weight is 215 g/mol. The molecular weight excluding hydrogens is 202 g/mol. The Kier molecular flexibility index (Phi) is 2.61. The van der Waals surface area contributed by atoms with Gasteiger partial charge in [0.05, 0.1) is 18.0 Å². The molecule has 0 radical (unpaired) electrons. The fraction of sp³-hybridized carbons (Fsp3) is 0.417. The molecule has 0 spiro atoms. The van der Waals surface area contributed by atoms with Crippen LogP contribution in [0.1, 0.15) is 19.8 Å². The molecule has 0 saturated heterocycles. The zero-order valence-corrected chi connectivity index (χ0v) is 9.10. The van der Waals surface area contributed by atoms with Crippen molar-refractivity contribution in [1.29, 1.82) is 5.26 Å². The Morgan fingerprint density at radius 3 is 2.94 bits per heavy atom. The molecule has 1 saturated carbocycles. The van der Waals surface area contributed by atoms with Crippen molar-refractivity contribution in [2.24, 2.45) is 11.3 Å². The van der Waals surface area contributed by atoms with Crippen molar-refractivity contribution in [3.63, 3.8) is 0 Å². The van der Waals surface area contributed by atoms with Gasteiger partial charge in [-0.1, -0.05) is 6.92 Å². The van der Waals surface area contributed by atoms with E-state index in [9.17, 15) is 4.79 Å². The third-order valence-corrected chi connectivity index (χ3v) is 2.96. The minimum atomic E-state index is -0.824. The van der Waals surface area contributed by atoms with Gasteiger partial charge >= 0.3 is 0 Å².